The molecule has 0 aliphatic carbocycles. The van der Waals surface area contributed by atoms with Gasteiger partial charge >= 0.3 is 0 Å². The average Bonchev–Trinajstić information content (AvgIpc) is 3.38. The van der Waals surface area contributed by atoms with E-state index in [2.05, 4.69) is 15.5 Å². The minimum Gasteiger partial charge on any atom is -0.483 e. The Labute approximate surface area is 161 Å². The van der Waals surface area contributed by atoms with Crippen LogP contribution >= 0.6 is 0 Å². The molecule has 2 heterocycles. The zero-order chi connectivity index (χ0) is 19.9. The second-order valence-corrected chi connectivity index (χ2v) is 6.23. The van der Waals surface area contributed by atoms with Crippen molar-refractivity contribution in [3.63, 3.8) is 0 Å². The van der Waals surface area contributed by atoms with E-state index in [1.165, 1.54) is 6.92 Å². The van der Waals surface area contributed by atoms with Gasteiger partial charge in [0.25, 0.3) is 0 Å². The summed E-state index contributed by atoms with van der Waals surface area (Å²) in [7, 11) is 0. The van der Waals surface area contributed by atoms with E-state index in [-0.39, 0.29) is 0 Å². The molecule has 1 fully saturated rings. The van der Waals surface area contributed by atoms with E-state index < -0.39 is 29.9 Å². The molecule has 0 saturated carbocycles. The number of ketones is 1. The molecule has 0 bridgehead atoms. The highest BCUT2D eigenvalue weighted by Gasteiger charge is 2.33. The third kappa shape index (κ3) is 4.86. The number of hydrogen-bond donors (Lipinski definition) is 2. The minimum atomic E-state index is -1.46. The molecule has 146 valence electrons. The largest absolute Gasteiger partial charge is 0.483 e. The van der Waals surface area contributed by atoms with E-state index >= 15 is 0 Å². The Hall–Kier alpha value is -3.38. The molecule has 0 radical (unpaired) electrons. The van der Waals surface area contributed by atoms with Gasteiger partial charge < -0.3 is 19.5 Å². The molecule has 1 aliphatic rings. The van der Waals surface area contributed by atoms with Crippen LogP contribution in [0.3, 0.4) is 0 Å². The number of aromatic nitrogens is 2. The van der Waals surface area contributed by atoms with Gasteiger partial charge in [0, 0.05) is 12.7 Å². The van der Waals surface area contributed by atoms with Gasteiger partial charge in [-0.05, 0) is 44.0 Å². The monoisotopic (exact) mass is 384 g/mol. The van der Waals surface area contributed by atoms with Crippen molar-refractivity contribution in [2.24, 2.45) is 5.92 Å². The maximum atomic E-state index is 12.5. The van der Waals surface area contributed by atoms with Crippen LogP contribution in [0.15, 0.2) is 36.5 Å². The van der Waals surface area contributed by atoms with Gasteiger partial charge in [-0.1, -0.05) is 0 Å². The molecule has 3 atom stereocenters. The molecule has 1 aromatic carbocycles. The van der Waals surface area contributed by atoms with Gasteiger partial charge in [-0.25, -0.2) is 5.10 Å². The fourth-order valence-electron chi connectivity index (χ4n) is 2.70. The molecule has 2 aromatic rings. The summed E-state index contributed by atoms with van der Waals surface area (Å²) in [4.78, 5) is 24.7. The number of H-pyrrole nitrogens is 1. The van der Waals surface area contributed by atoms with E-state index in [4.69, 9.17) is 14.2 Å². The van der Waals surface area contributed by atoms with Crippen LogP contribution in [-0.2, 0) is 14.3 Å². The number of carbonyl (C=O) groups excluding carboxylic acids is 2. The van der Waals surface area contributed by atoms with Gasteiger partial charge in [0.2, 0.25) is 11.8 Å². The van der Waals surface area contributed by atoms with Gasteiger partial charge in [-0.3, -0.25) is 9.59 Å². The zero-order valence-corrected chi connectivity index (χ0v) is 15.3. The number of nitrogens with zero attached hydrogens (tertiary/aromatic N) is 2. The standard InChI is InChI=1S/C19H20N4O5/c1-12(18(24)15(11-20)19(25)22-16-3-2-10-26-16)27-13-4-6-14(7-5-13)28-17-8-9-21-23-17/h4-9,12,15-16H,2-3,10H2,1H3,(H,21,23)(H,22,25). The van der Waals surface area contributed by atoms with Gasteiger partial charge in [0.05, 0.1) is 12.3 Å². The van der Waals surface area contributed by atoms with E-state index in [0.29, 0.717) is 30.4 Å². The van der Waals surface area contributed by atoms with Crippen molar-refractivity contribution in [1.29, 1.82) is 5.26 Å². The Morgan fingerprint density at radius 1 is 1.32 bits per heavy atom. The van der Waals surface area contributed by atoms with Crippen molar-refractivity contribution in [3.8, 4) is 23.4 Å². The Morgan fingerprint density at radius 3 is 2.68 bits per heavy atom. The molecule has 3 rings (SSSR count). The lowest BCUT2D eigenvalue weighted by atomic mass is 10.0. The first kappa shape index (κ1) is 19.4. The topological polar surface area (TPSA) is 126 Å². The zero-order valence-electron chi connectivity index (χ0n) is 15.3. The number of Topliss-reactive ketones (excluding diaryl/α,β-unsaturated/α-hetero) is 1. The predicted molar refractivity (Wildman–Crippen MR) is 96.4 cm³/mol. The summed E-state index contributed by atoms with van der Waals surface area (Å²) in [6.07, 6.45) is 1.64. The van der Waals surface area contributed by atoms with Crippen LogP contribution in [0.25, 0.3) is 0 Å². The summed E-state index contributed by atoms with van der Waals surface area (Å²) in [6.45, 7) is 2.05. The van der Waals surface area contributed by atoms with Crippen molar-refractivity contribution < 1.29 is 23.8 Å². The maximum Gasteiger partial charge on any atom is 0.247 e. The number of benzene rings is 1. The third-order valence-electron chi connectivity index (χ3n) is 4.15. The fraction of sp³-hybridized carbons (Fsp3) is 0.368. The van der Waals surface area contributed by atoms with Crippen molar-refractivity contribution >= 4 is 11.7 Å². The average molecular weight is 384 g/mol. The number of amides is 1. The van der Waals surface area contributed by atoms with Crippen molar-refractivity contribution in [2.45, 2.75) is 32.1 Å². The predicted octanol–water partition coefficient (Wildman–Crippen LogP) is 1.93. The highest BCUT2D eigenvalue weighted by molar-refractivity contribution is 6.05. The van der Waals surface area contributed by atoms with Crippen LogP contribution in [0, 0.1) is 17.2 Å². The molecule has 3 unspecified atom stereocenters. The lowest BCUT2D eigenvalue weighted by Gasteiger charge is -2.18. The highest BCUT2D eigenvalue weighted by atomic mass is 16.5. The molecular weight excluding hydrogens is 364 g/mol. The van der Waals surface area contributed by atoms with Crippen LogP contribution in [-0.4, -0.2) is 40.8 Å². The summed E-state index contributed by atoms with van der Waals surface area (Å²) in [6, 6.07) is 10.0. The third-order valence-corrected chi connectivity index (χ3v) is 4.15. The summed E-state index contributed by atoms with van der Waals surface area (Å²) in [5.41, 5.74) is 0. The minimum absolute atomic E-state index is 0.411. The second-order valence-electron chi connectivity index (χ2n) is 6.23. The summed E-state index contributed by atoms with van der Waals surface area (Å²) in [5, 5.41) is 18.3. The summed E-state index contributed by atoms with van der Waals surface area (Å²) < 4.78 is 16.4. The maximum absolute atomic E-state index is 12.5. The number of carbonyl (C=O) groups is 2. The number of nitriles is 1. The first-order valence-electron chi connectivity index (χ1n) is 8.86. The fourth-order valence-corrected chi connectivity index (χ4v) is 2.70. The smallest absolute Gasteiger partial charge is 0.247 e. The Balaban J connectivity index is 1.56. The molecule has 1 aromatic heterocycles. The summed E-state index contributed by atoms with van der Waals surface area (Å²) >= 11 is 0. The van der Waals surface area contributed by atoms with Crippen molar-refractivity contribution in [3.05, 3.63) is 36.5 Å². The second kappa shape index (κ2) is 9.01. The molecule has 1 saturated heterocycles. The number of ether oxygens (including phenoxy) is 3. The molecular formula is C19H20N4O5. The van der Waals surface area contributed by atoms with Crippen LogP contribution < -0.4 is 14.8 Å². The number of rotatable bonds is 8. The van der Waals surface area contributed by atoms with Crippen LogP contribution in [0.4, 0.5) is 0 Å². The molecule has 2 N–H and O–H groups in total. The van der Waals surface area contributed by atoms with Crippen molar-refractivity contribution in [2.75, 3.05) is 6.61 Å². The highest BCUT2D eigenvalue weighted by Crippen LogP contribution is 2.23. The number of nitrogens with one attached hydrogen (secondary N) is 2. The Bertz CT molecular complexity index is 838. The first-order valence-corrected chi connectivity index (χ1v) is 8.86. The van der Waals surface area contributed by atoms with Crippen LogP contribution in [0.2, 0.25) is 0 Å². The lowest BCUT2D eigenvalue weighted by Crippen LogP contribution is -2.44. The Morgan fingerprint density at radius 2 is 2.07 bits per heavy atom. The Kier molecular flexibility index (Phi) is 6.24. The van der Waals surface area contributed by atoms with E-state index in [1.54, 1.807) is 42.6 Å². The molecule has 9 heteroatoms. The van der Waals surface area contributed by atoms with Crippen LogP contribution in [0.5, 0.6) is 17.4 Å². The molecule has 1 amide bonds. The first-order chi connectivity index (χ1) is 13.6. The van der Waals surface area contributed by atoms with Crippen LogP contribution in [0.1, 0.15) is 19.8 Å². The van der Waals surface area contributed by atoms with E-state index in [0.717, 1.165) is 6.42 Å². The lowest BCUT2D eigenvalue weighted by molar-refractivity contribution is -0.137. The molecule has 1 aliphatic heterocycles. The van der Waals surface area contributed by atoms with E-state index in [1.807, 2.05) is 0 Å². The van der Waals surface area contributed by atoms with E-state index in [9.17, 15) is 14.9 Å². The molecule has 0 spiro atoms. The SMILES string of the molecule is CC(Oc1ccc(Oc2ccn[nH]2)cc1)C(=O)C(C#N)C(=O)NC1CCCO1. The number of hydrogen-bond acceptors (Lipinski definition) is 7. The van der Waals surface area contributed by atoms with Gasteiger partial charge in [0.15, 0.2) is 17.8 Å². The van der Waals surface area contributed by atoms with Crippen molar-refractivity contribution in [1.82, 2.24) is 15.5 Å². The number of aromatic amines is 1. The van der Waals surface area contributed by atoms with Gasteiger partial charge in [-0.2, -0.15) is 10.4 Å². The van der Waals surface area contributed by atoms with Gasteiger partial charge in [-0.15, -0.1) is 0 Å². The normalized spacial score (nSPS) is 17.9. The van der Waals surface area contributed by atoms with Gasteiger partial charge in [0.1, 0.15) is 17.7 Å². The quantitative estimate of drug-likeness (QED) is 0.666. The summed E-state index contributed by atoms with van der Waals surface area (Å²) in [5.74, 6) is -1.28. The molecule has 9 nitrogen and oxygen atoms in total. The molecule has 28 heavy (non-hydrogen) atoms.